The number of ether oxygens (including phenoxy) is 2. The van der Waals surface area contributed by atoms with Crippen LogP contribution in [0.15, 0.2) is 18.2 Å². The van der Waals surface area contributed by atoms with Crippen LogP contribution in [-0.2, 0) is 4.74 Å². The lowest BCUT2D eigenvalue weighted by Gasteiger charge is -2.34. The number of nitrogens with zero attached hydrogens (tertiary/aromatic N) is 2. The van der Waals surface area contributed by atoms with Crippen molar-refractivity contribution in [1.82, 2.24) is 0 Å². The molecule has 1 aliphatic rings. The van der Waals surface area contributed by atoms with Gasteiger partial charge < -0.3 is 14.4 Å². The number of hydrogen-bond donors (Lipinski definition) is 0. The lowest BCUT2D eigenvalue weighted by molar-refractivity contribution is 0.0893. The second-order valence-corrected chi connectivity index (χ2v) is 4.44. The highest BCUT2D eigenvalue weighted by Crippen LogP contribution is 2.28. The first kappa shape index (κ1) is 12.7. The molecule has 4 nitrogen and oxygen atoms in total. The second-order valence-electron chi connectivity index (χ2n) is 4.44. The predicted octanol–water partition coefficient (Wildman–Crippen LogP) is 2.18. The average molecular weight is 246 g/mol. The SMILES string of the molecule is COc1ccc(C#N)c(N2CCCC(OC)C2)c1. The van der Waals surface area contributed by atoms with E-state index in [-0.39, 0.29) is 6.10 Å². The Morgan fingerprint density at radius 3 is 2.89 bits per heavy atom. The van der Waals surface area contributed by atoms with Crippen molar-refractivity contribution in [2.24, 2.45) is 0 Å². The largest absolute Gasteiger partial charge is 0.497 e. The van der Waals surface area contributed by atoms with Crippen molar-refractivity contribution in [1.29, 1.82) is 5.26 Å². The van der Waals surface area contributed by atoms with Gasteiger partial charge in [-0.2, -0.15) is 5.26 Å². The van der Waals surface area contributed by atoms with E-state index in [0.29, 0.717) is 5.56 Å². The van der Waals surface area contributed by atoms with E-state index in [1.807, 2.05) is 18.2 Å². The molecule has 1 unspecified atom stereocenters. The maximum absolute atomic E-state index is 9.19. The third-order valence-electron chi connectivity index (χ3n) is 3.38. The maximum atomic E-state index is 9.19. The van der Waals surface area contributed by atoms with E-state index >= 15 is 0 Å². The highest BCUT2D eigenvalue weighted by atomic mass is 16.5. The summed E-state index contributed by atoms with van der Waals surface area (Å²) in [6.07, 6.45) is 2.41. The molecule has 1 aliphatic heterocycles. The molecule has 0 amide bonds. The van der Waals surface area contributed by atoms with E-state index in [9.17, 15) is 5.26 Å². The molecule has 2 rings (SSSR count). The smallest absolute Gasteiger partial charge is 0.121 e. The number of piperidine rings is 1. The molecule has 0 aliphatic carbocycles. The van der Waals surface area contributed by atoms with Crippen LogP contribution in [0, 0.1) is 11.3 Å². The topological polar surface area (TPSA) is 45.5 Å². The first-order valence-electron chi connectivity index (χ1n) is 6.14. The minimum atomic E-state index is 0.247. The van der Waals surface area contributed by atoms with Gasteiger partial charge in [0.1, 0.15) is 11.8 Å². The molecule has 0 N–H and O–H groups in total. The molecule has 0 radical (unpaired) electrons. The summed E-state index contributed by atoms with van der Waals surface area (Å²) < 4.78 is 10.6. The fraction of sp³-hybridized carbons (Fsp3) is 0.500. The number of hydrogen-bond acceptors (Lipinski definition) is 4. The van der Waals surface area contributed by atoms with Crippen molar-refractivity contribution in [3.8, 4) is 11.8 Å². The van der Waals surface area contributed by atoms with Crippen molar-refractivity contribution in [2.45, 2.75) is 18.9 Å². The summed E-state index contributed by atoms with van der Waals surface area (Å²) in [5.41, 5.74) is 1.63. The van der Waals surface area contributed by atoms with Gasteiger partial charge in [0.15, 0.2) is 0 Å². The van der Waals surface area contributed by atoms with Crippen LogP contribution in [0.3, 0.4) is 0 Å². The van der Waals surface area contributed by atoms with Gasteiger partial charge in [-0.05, 0) is 25.0 Å². The minimum Gasteiger partial charge on any atom is -0.497 e. The van der Waals surface area contributed by atoms with E-state index in [4.69, 9.17) is 9.47 Å². The zero-order valence-corrected chi connectivity index (χ0v) is 10.8. The Labute approximate surface area is 108 Å². The number of methoxy groups -OCH3 is 2. The predicted molar refractivity (Wildman–Crippen MR) is 70.0 cm³/mol. The van der Waals surface area contributed by atoms with Crippen molar-refractivity contribution in [2.75, 3.05) is 32.2 Å². The summed E-state index contributed by atoms with van der Waals surface area (Å²) in [5, 5.41) is 9.19. The Morgan fingerprint density at radius 1 is 1.39 bits per heavy atom. The molecule has 4 heteroatoms. The Morgan fingerprint density at radius 2 is 2.22 bits per heavy atom. The highest BCUT2D eigenvalue weighted by Gasteiger charge is 2.21. The van der Waals surface area contributed by atoms with Gasteiger partial charge in [-0.25, -0.2) is 0 Å². The third-order valence-corrected chi connectivity index (χ3v) is 3.38. The normalized spacial score (nSPS) is 19.4. The van der Waals surface area contributed by atoms with Gasteiger partial charge >= 0.3 is 0 Å². The monoisotopic (exact) mass is 246 g/mol. The quantitative estimate of drug-likeness (QED) is 0.820. The number of benzene rings is 1. The summed E-state index contributed by atoms with van der Waals surface area (Å²) in [4.78, 5) is 2.21. The molecular formula is C14H18N2O2. The number of anilines is 1. The zero-order valence-electron chi connectivity index (χ0n) is 10.8. The van der Waals surface area contributed by atoms with Gasteiger partial charge in [0, 0.05) is 26.3 Å². The first-order chi connectivity index (χ1) is 8.78. The molecule has 18 heavy (non-hydrogen) atoms. The van der Waals surface area contributed by atoms with Gasteiger partial charge in [0.05, 0.1) is 24.5 Å². The summed E-state index contributed by atoms with van der Waals surface area (Å²) >= 11 is 0. The van der Waals surface area contributed by atoms with Crippen molar-refractivity contribution >= 4 is 5.69 Å². The Bertz CT molecular complexity index is 454. The Kier molecular flexibility index (Phi) is 4.06. The van der Waals surface area contributed by atoms with Gasteiger partial charge in [-0.15, -0.1) is 0 Å². The average Bonchev–Trinajstić information content (AvgIpc) is 2.46. The van der Waals surface area contributed by atoms with Gasteiger partial charge in [0.2, 0.25) is 0 Å². The van der Waals surface area contributed by atoms with Gasteiger partial charge in [-0.1, -0.05) is 0 Å². The van der Waals surface area contributed by atoms with E-state index in [1.165, 1.54) is 0 Å². The Balaban J connectivity index is 2.28. The zero-order chi connectivity index (χ0) is 13.0. The first-order valence-corrected chi connectivity index (χ1v) is 6.14. The fourth-order valence-electron chi connectivity index (χ4n) is 2.34. The van der Waals surface area contributed by atoms with Gasteiger partial charge in [-0.3, -0.25) is 0 Å². The minimum absolute atomic E-state index is 0.247. The third kappa shape index (κ3) is 2.57. The summed E-state index contributed by atoms with van der Waals surface area (Å²) in [6.45, 7) is 1.79. The maximum Gasteiger partial charge on any atom is 0.121 e. The van der Waals surface area contributed by atoms with Crippen molar-refractivity contribution in [3.05, 3.63) is 23.8 Å². The molecule has 1 atom stereocenters. The second kappa shape index (κ2) is 5.74. The van der Waals surface area contributed by atoms with Gasteiger partial charge in [0.25, 0.3) is 0 Å². The molecule has 1 aromatic rings. The van der Waals surface area contributed by atoms with Crippen LogP contribution in [0.1, 0.15) is 18.4 Å². The molecule has 0 saturated carbocycles. The standard InChI is InChI=1S/C14H18N2O2/c1-17-12-6-5-11(9-15)14(8-12)16-7-3-4-13(10-16)18-2/h5-6,8,13H,3-4,7,10H2,1-2H3. The highest BCUT2D eigenvalue weighted by molar-refractivity contribution is 5.62. The summed E-state index contributed by atoms with van der Waals surface area (Å²) in [7, 11) is 3.38. The molecule has 1 aromatic carbocycles. The van der Waals surface area contributed by atoms with E-state index < -0.39 is 0 Å². The molecule has 1 fully saturated rings. The van der Waals surface area contributed by atoms with Crippen LogP contribution >= 0.6 is 0 Å². The van der Waals surface area contributed by atoms with Crippen LogP contribution in [-0.4, -0.2) is 33.4 Å². The Hall–Kier alpha value is -1.73. The lowest BCUT2D eigenvalue weighted by Crippen LogP contribution is -2.39. The number of nitriles is 1. The fourth-order valence-corrected chi connectivity index (χ4v) is 2.34. The van der Waals surface area contributed by atoms with E-state index in [2.05, 4.69) is 11.0 Å². The van der Waals surface area contributed by atoms with Crippen molar-refractivity contribution < 1.29 is 9.47 Å². The van der Waals surface area contributed by atoms with Crippen molar-refractivity contribution in [3.63, 3.8) is 0 Å². The number of rotatable bonds is 3. The molecule has 1 saturated heterocycles. The van der Waals surface area contributed by atoms with E-state index in [1.54, 1.807) is 14.2 Å². The molecule has 0 aromatic heterocycles. The molecule has 0 bridgehead atoms. The lowest BCUT2D eigenvalue weighted by atomic mass is 10.1. The molecule has 96 valence electrons. The van der Waals surface area contributed by atoms with Crippen LogP contribution in [0.5, 0.6) is 5.75 Å². The molecule has 0 spiro atoms. The van der Waals surface area contributed by atoms with Crippen LogP contribution in [0.25, 0.3) is 0 Å². The molecule has 1 heterocycles. The van der Waals surface area contributed by atoms with Crippen LogP contribution < -0.4 is 9.64 Å². The summed E-state index contributed by atoms with van der Waals surface area (Å²) in [5.74, 6) is 0.781. The molecular weight excluding hydrogens is 228 g/mol. The van der Waals surface area contributed by atoms with Crippen LogP contribution in [0.2, 0.25) is 0 Å². The summed E-state index contributed by atoms with van der Waals surface area (Å²) in [6, 6.07) is 7.80. The van der Waals surface area contributed by atoms with Crippen LogP contribution in [0.4, 0.5) is 5.69 Å². The van der Waals surface area contributed by atoms with E-state index in [0.717, 1.165) is 37.4 Å².